The lowest BCUT2D eigenvalue weighted by atomic mass is 9.63. The van der Waals surface area contributed by atoms with E-state index in [1.807, 2.05) is 50.6 Å². The molecule has 0 radical (unpaired) electrons. The monoisotopic (exact) mass is 927 g/mol. The highest BCUT2D eigenvalue weighted by atomic mass is 16.7. The maximum Gasteiger partial charge on any atom is 0.350 e. The molecular formula is C56H74N6O6. The molecule has 4 bridgehead atoms. The highest BCUT2D eigenvalue weighted by molar-refractivity contribution is 6.33. The number of epoxide rings is 1. The van der Waals surface area contributed by atoms with Gasteiger partial charge in [-0.2, -0.15) is 0 Å². The van der Waals surface area contributed by atoms with Crippen LogP contribution in [0.1, 0.15) is 148 Å². The van der Waals surface area contributed by atoms with E-state index in [2.05, 4.69) is 64.1 Å². The van der Waals surface area contributed by atoms with Crippen molar-refractivity contribution in [3.8, 4) is 0 Å². The van der Waals surface area contributed by atoms with Crippen LogP contribution in [0.15, 0.2) is 78.2 Å². The molecule has 364 valence electrons. The van der Waals surface area contributed by atoms with E-state index < -0.39 is 28.7 Å². The molecule has 6 N–H and O–H groups in total. The number of ether oxygens (including phenoxy) is 2. The van der Waals surface area contributed by atoms with Crippen molar-refractivity contribution >= 4 is 29.2 Å². The number of anilines is 2. The first kappa shape index (κ1) is 48.3. The molecule has 1 spiro atoms. The Kier molecular flexibility index (Phi) is 14.1. The normalized spacial score (nSPS) is 31.5. The largest absolute Gasteiger partial charge is 0.463 e. The van der Waals surface area contributed by atoms with Crippen molar-refractivity contribution < 1.29 is 29.0 Å². The number of allylic oxidation sites excluding steroid dienone is 3. The lowest BCUT2D eigenvalue weighted by Gasteiger charge is -2.45. The number of carbonyl (C=O) groups excluding carboxylic acids is 3. The molecule has 0 unspecified atom stereocenters. The van der Waals surface area contributed by atoms with Gasteiger partial charge in [0.25, 0.3) is 5.60 Å². The molecule has 6 aliphatic rings. The second kappa shape index (κ2) is 19.9. The summed E-state index contributed by atoms with van der Waals surface area (Å²) in [6.45, 7) is 7.56. The summed E-state index contributed by atoms with van der Waals surface area (Å²) in [7, 11) is 1.89. The zero-order valence-electron chi connectivity index (χ0n) is 40.8. The Morgan fingerprint density at radius 2 is 1.78 bits per heavy atom. The second-order valence-corrected chi connectivity index (χ2v) is 21.7. The zero-order chi connectivity index (χ0) is 47.7. The molecule has 4 aliphatic carbocycles. The van der Waals surface area contributed by atoms with Crippen LogP contribution < -0.4 is 21.7 Å². The van der Waals surface area contributed by atoms with Gasteiger partial charge in [0, 0.05) is 41.9 Å². The molecule has 2 aliphatic heterocycles. The Hall–Kier alpha value is -4.75. The van der Waals surface area contributed by atoms with Crippen molar-refractivity contribution in [3.05, 3.63) is 106 Å². The number of nitrogen functional groups attached to an aromatic ring is 1. The SMILES string of the molecule is CCN[C@@H]1C[C@H]2C=CC[C@@H]3CCCC[C@](C)(Cc4ccc(N)nc4)Cc4cccc5c4C(=O)[C@]4(O[C@@]4(C/C(CO)=C(\C)CC4(c6ccnc(NCNC)c6)CCCCC4)C5=O)C(=O)OC[C@H]1C[C@H]32. The number of aliphatic hydroxyl groups excluding tert-OH is 1. The van der Waals surface area contributed by atoms with Gasteiger partial charge in [0.05, 0.1) is 19.9 Å². The fourth-order valence-electron chi connectivity index (χ4n) is 13.6. The van der Waals surface area contributed by atoms with Gasteiger partial charge in [0.15, 0.2) is 11.4 Å². The van der Waals surface area contributed by atoms with E-state index in [1.54, 1.807) is 6.07 Å². The predicted octanol–water partition coefficient (Wildman–Crippen LogP) is 8.63. The quantitative estimate of drug-likeness (QED) is 0.0363. The minimum atomic E-state index is -2.18. The van der Waals surface area contributed by atoms with Crippen LogP contribution in [0.2, 0.25) is 0 Å². The summed E-state index contributed by atoms with van der Waals surface area (Å²) in [6.07, 6.45) is 22.5. The van der Waals surface area contributed by atoms with Crippen LogP contribution in [0.25, 0.3) is 0 Å². The van der Waals surface area contributed by atoms with E-state index in [9.17, 15) is 5.11 Å². The van der Waals surface area contributed by atoms with Crippen LogP contribution in [-0.4, -0.2) is 83.3 Å². The van der Waals surface area contributed by atoms with Crippen LogP contribution in [0.3, 0.4) is 0 Å². The van der Waals surface area contributed by atoms with Crippen LogP contribution in [0.4, 0.5) is 11.6 Å². The number of nitrogens with zero attached hydrogens (tertiary/aromatic N) is 2. The molecule has 1 aromatic carbocycles. The molecule has 2 saturated carbocycles. The molecule has 3 aromatic rings. The third-order valence-electron chi connectivity index (χ3n) is 17.2. The molecular weight excluding hydrogens is 853 g/mol. The molecule has 12 heteroatoms. The number of aliphatic hydroxyl groups is 1. The molecule has 8 atom stereocenters. The first-order valence-electron chi connectivity index (χ1n) is 25.7. The number of esters is 1. The topological polar surface area (TPSA) is 181 Å². The van der Waals surface area contributed by atoms with Gasteiger partial charge in [-0.3, -0.25) is 9.59 Å². The van der Waals surface area contributed by atoms with Crippen molar-refractivity contribution in [1.29, 1.82) is 0 Å². The summed E-state index contributed by atoms with van der Waals surface area (Å²) in [4.78, 5) is 55.4. The molecule has 68 heavy (non-hydrogen) atoms. The van der Waals surface area contributed by atoms with Crippen LogP contribution in [-0.2, 0) is 32.5 Å². The maximum atomic E-state index is 15.7. The third kappa shape index (κ3) is 9.11. The average Bonchev–Trinajstić information content (AvgIpc) is 4.05. The Labute approximate surface area is 403 Å². The molecule has 9 rings (SSSR count). The Morgan fingerprint density at radius 3 is 2.54 bits per heavy atom. The first-order valence-corrected chi connectivity index (χ1v) is 25.7. The summed E-state index contributed by atoms with van der Waals surface area (Å²) < 4.78 is 13.1. The van der Waals surface area contributed by atoms with Gasteiger partial charge in [-0.1, -0.05) is 87.9 Å². The maximum absolute atomic E-state index is 15.7. The molecule has 2 aromatic heterocycles. The van der Waals surface area contributed by atoms with Crippen molar-refractivity contribution in [2.24, 2.45) is 29.1 Å². The first-order chi connectivity index (χ1) is 32.9. The predicted molar refractivity (Wildman–Crippen MR) is 265 cm³/mol. The van der Waals surface area contributed by atoms with Crippen LogP contribution in [0, 0.1) is 29.1 Å². The van der Waals surface area contributed by atoms with Crippen LogP contribution >= 0.6 is 0 Å². The van der Waals surface area contributed by atoms with Crippen molar-refractivity contribution in [2.45, 2.75) is 146 Å². The number of benzene rings is 1. The van der Waals surface area contributed by atoms with E-state index in [-0.39, 0.29) is 53.6 Å². The average molecular weight is 927 g/mol. The molecule has 0 amide bonds. The Bertz CT molecular complexity index is 2410. The third-order valence-corrected chi connectivity index (χ3v) is 17.2. The second-order valence-electron chi connectivity index (χ2n) is 21.7. The van der Waals surface area contributed by atoms with Crippen molar-refractivity contribution in [2.75, 3.05) is 44.5 Å². The van der Waals surface area contributed by atoms with Gasteiger partial charge in [0.2, 0.25) is 5.78 Å². The Balaban J connectivity index is 1.11. The number of pyridine rings is 2. The number of carbonyl (C=O) groups is 3. The smallest absolute Gasteiger partial charge is 0.350 e. The summed E-state index contributed by atoms with van der Waals surface area (Å²) in [5.74, 6) is 1.03. The zero-order valence-corrected chi connectivity index (χ0v) is 40.8. The Morgan fingerprint density at radius 1 is 0.956 bits per heavy atom. The lowest BCUT2D eigenvalue weighted by Crippen LogP contribution is -2.52. The van der Waals surface area contributed by atoms with Crippen molar-refractivity contribution in [1.82, 2.24) is 20.6 Å². The van der Waals surface area contributed by atoms with E-state index in [0.29, 0.717) is 55.1 Å². The number of rotatable bonds is 13. The summed E-state index contributed by atoms with van der Waals surface area (Å²) in [5.41, 5.74) is 6.47. The number of cyclic esters (lactones) is 1. The van der Waals surface area contributed by atoms with Crippen molar-refractivity contribution in [3.63, 3.8) is 0 Å². The highest BCUT2D eigenvalue weighted by Gasteiger charge is 2.86. The van der Waals surface area contributed by atoms with E-state index >= 15 is 14.4 Å². The minimum Gasteiger partial charge on any atom is -0.463 e. The highest BCUT2D eigenvalue weighted by Crippen LogP contribution is 2.61. The summed E-state index contributed by atoms with van der Waals surface area (Å²) in [5, 5.41) is 21.5. The number of hydrogen-bond donors (Lipinski definition) is 5. The van der Waals surface area contributed by atoms with Gasteiger partial charge in [-0.05, 0) is 154 Å². The van der Waals surface area contributed by atoms with Crippen LogP contribution in [0.5, 0.6) is 0 Å². The van der Waals surface area contributed by atoms with Gasteiger partial charge < -0.3 is 36.3 Å². The number of Topliss-reactive ketones (excluding diaryl/α,β-unsaturated/α-hetero) is 2. The standard InChI is InChI=1S/C56H74N6O6/c1-5-59-46-26-39-15-11-14-38-13-7-10-21-53(3,29-37-18-19-47(57)61-32-37)30-40-16-12-17-44-49(40)51(65)56(52(66)67-34-41(46)25-45(38)39)55(68-56,50(44)64)31-42(33-63)36(2)28-54(22-8-6-9-23-54)43-20-24-60-48(27-43)62-35-58-4/h11-12,15-20,24,27,32,38-39,41,45-46,58-59,63H,5-10,13-14,21-23,25-26,28-31,33-35H2,1-4H3,(H2,57,61)(H,60,62)/b42-36-/t38-,39+,41+,45+,46+,53+,55-,56-/m0/s1. The molecule has 4 heterocycles. The number of nitrogens with one attached hydrogen (secondary N) is 3. The number of nitrogens with two attached hydrogens (primary N) is 1. The van der Waals surface area contributed by atoms with Gasteiger partial charge in [-0.25, -0.2) is 14.8 Å². The molecule has 3 fully saturated rings. The van der Waals surface area contributed by atoms with E-state index in [0.717, 1.165) is 106 Å². The number of hydrogen-bond acceptors (Lipinski definition) is 12. The van der Waals surface area contributed by atoms with E-state index in [4.69, 9.17) is 15.2 Å². The minimum absolute atomic E-state index is 0.0346. The lowest BCUT2D eigenvalue weighted by molar-refractivity contribution is -0.150. The van der Waals surface area contributed by atoms with Gasteiger partial charge >= 0.3 is 5.97 Å². The molecule has 1 saturated heterocycles. The number of fused-ring (bicyclic) bond motifs is 1. The van der Waals surface area contributed by atoms with Gasteiger partial charge in [-0.15, -0.1) is 0 Å². The fraction of sp³-hybridized carbons (Fsp3) is 0.589. The molecule has 12 nitrogen and oxygen atoms in total. The van der Waals surface area contributed by atoms with Gasteiger partial charge in [0.1, 0.15) is 11.6 Å². The fourth-order valence-corrected chi connectivity index (χ4v) is 13.6. The summed E-state index contributed by atoms with van der Waals surface area (Å²) >= 11 is 0. The number of aromatic nitrogens is 2. The van der Waals surface area contributed by atoms with E-state index in [1.165, 1.54) is 5.56 Å². The summed E-state index contributed by atoms with van der Waals surface area (Å²) in [6, 6.07) is 13.7. The number of ketones is 2.